The largest absolute Gasteiger partial charge is 0.493 e. The summed E-state index contributed by atoms with van der Waals surface area (Å²) in [6.07, 6.45) is 5.08. The lowest BCUT2D eigenvalue weighted by molar-refractivity contribution is 0.354. The number of rotatable bonds is 6. The first kappa shape index (κ1) is 12.2. The second-order valence-electron chi connectivity index (χ2n) is 4.74. The van der Waals surface area contributed by atoms with Crippen LogP contribution in [0.3, 0.4) is 0 Å². The molecule has 2 N–H and O–H groups in total. The topological polar surface area (TPSA) is 44.5 Å². The lowest BCUT2D eigenvalue weighted by Gasteiger charge is -2.14. The van der Waals surface area contributed by atoms with Gasteiger partial charge in [0, 0.05) is 6.04 Å². The third-order valence-electron chi connectivity index (χ3n) is 3.42. The van der Waals surface area contributed by atoms with Crippen molar-refractivity contribution in [3.63, 3.8) is 0 Å². The molecule has 0 aromatic heterocycles. The Labute approximate surface area is 103 Å². The van der Waals surface area contributed by atoms with Gasteiger partial charge in [0.05, 0.1) is 14.2 Å². The summed E-state index contributed by atoms with van der Waals surface area (Å²) in [5.74, 6) is 2.44. The van der Waals surface area contributed by atoms with Crippen molar-refractivity contribution >= 4 is 0 Å². The van der Waals surface area contributed by atoms with Gasteiger partial charge in [-0.25, -0.2) is 0 Å². The van der Waals surface area contributed by atoms with Gasteiger partial charge >= 0.3 is 0 Å². The Hall–Kier alpha value is -1.22. The first-order valence-electron chi connectivity index (χ1n) is 6.22. The number of methoxy groups -OCH3 is 2. The molecule has 1 aromatic carbocycles. The fourth-order valence-corrected chi connectivity index (χ4v) is 2.07. The minimum Gasteiger partial charge on any atom is -0.493 e. The van der Waals surface area contributed by atoms with E-state index in [2.05, 4.69) is 0 Å². The highest BCUT2D eigenvalue weighted by Gasteiger charge is 2.22. The van der Waals surface area contributed by atoms with Crippen LogP contribution in [-0.2, 0) is 0 Å². The molecule has 1 aromatic rings. The molecule has 3 nitrogen and oxygen atoms in total. The van der Waals surface area contributed by atoms with Gasteiger partial charge in [0.1, 0.15) is 0 Å². The van der Waals surface area contributed by atoms with Gasteiger partial charge in [0.2, 0.25) is 0 Å². The zero-order valence-corrected chi connectivity index (χ0v) is 10.6. The summed E-state index contributed by atoms with van der Waals surface area (Å²) >= 11 is 0. The van der Waals surface area contributed by atoms with Crippen LogP contribution in [0.15, 0.2) is 18.2 Å². The van der Waals surface area contributed by atoms with Crippen LogP contribution in [0.25, 0.3) is 0 Å². The molecule has 1 saturated carbocycles. The summed E-state index contributed by atoms with van der Waals surface area (Å²) in [7, 11) is 3.29. The SMILES string of the molecule is COc1ccc(C(N)CCC2CC2)cc1OC. The number of hydrogen-bond donors (Lipinski definition) is 1. The molecule has 1 atom stereocenters. The molecule has 0 radical (unpaired) electrons. The van der Waals surface area contributed by atoms with E-state index in [4.69, 9.17) is 15.2 Å². The van der Waals surface area contributed by atoms with Crippen molar-refractivity contribution in [2.45, 2.75) is 31.7 Å². The van der Waals surface area contributed by atoms with Gasteiger partial charge in [0.25, 0.3) is 0 Å². The molecule has 0 amide bonds. The maximum atomic E-state index is 6.19. The van der Waals surface area contributed by atoms with Gasteiger partial charge < -0.3 is 15.2 Å². The van der Waals surface area contributed by atoms with Crippen molar-refractivity contribution in [3.8, 4) is 11.5 Å². The smallest absolute Gasteiger partial charge is 0.161 e. The fraction of sp³-hybridized carbons (Fsp3) is 0.571. The van der Waals surface area contributed by atoms with E-state index in [9.17, 15) is 0 Å². The number of hydrogen-bond acceptors (Lipinski definition) is 3. The van der Waals surface area contributed by atoms with E-state index >= 15 is 0 Å². The molecule has 3 heteroatoms. The van der Waals surface area contributed by atoms with Crippen molar-refractivity contribution < 1.29 is 9.47 Å². The standard InChI is InChI=1S/C14H21NO2/c1-16-13-8-6-11(9-14(13)17-2)12(15)7-5-10-3-4-10/h6,8-10,12H,3-5,7,15H2,1-2H3. The predicted molar refractivity (Wildman–Crippen MR) is 68.4 cm³/mol. The molecule has 94 valence electrons. The third kappa shape index (κ3) is 3.13. The predicted octanol–water partition coefficient (Wildman–Crippen LogP) is 2.89. The molecule has 1 aliphatic rings. The Kier molecular flexibility index (Phi) is 3.89. The highest BCUT2D eigenvalue weighted by molar-refractivity contribution is 5.43. The van der Waals surface area contributed by atoms with Gasteiger partial charge in [-0.15, -0.1) is 0 Å². The Bertz CT molecular complexity index is 374. The molecule has 1 fully saturated rings. The van der Waals surface area contributed by atoms with Crippen molar-refractivity contribution in [2.24, 2.45) is 11.7 Å². The first-order valence-corrected chi connectivity index (χ1v) is 6.22. The van der Waals surface area contributed by atoms with Crippen LogP contribution < -0.4 is 15.2 Å². The molecule has 2 rings (SSSR count). The van der Waals surface area contributed by atoms with Crippen molar-refractivity contribution in [1.29, 1.82) is 0 Å². The van der Waals surface area contributed by atoms with Crippen LogP contribution in [0.1, 0.15) is 37.3 Å². The molecular formula is C14H21NO2. The van der Waals surface area contributed by atoms with E-state index in [1.54, 1.807) is 14.2 Å². The monoisotopic (exact) mass is 235 g/mol. The highest BCUT2D eigenvalue weighted by atomic mass is 16.5. The van der Waals surface area contributed by atoms with Crippen LogP contribution in [0.2, 0.25) is 0 Å². The van der Waals surface area contributed by atoms with Crippen LogP contribution in [0.4, 0.5) is 0 Å². The number of benzene rings is 1. The third-order valence-corrected chi connectivity index (χ3v) is 3.42. The Morgan fingerprint density at radius 3 is 2.53 bits per heavy atom. The minimum atomic E-state index is 0.107. The van der Waals surface area contributed by atoms with E-state index < -0.39 is 0 Å². The van der Waals surface area contributed by atoms with E-state index in [0.717, 1.165) is 29.4 Å². The van der Waals surface area contributed by atoms with Gasteiger partial charge in [-0.05, 0) is 36.5 Å². The fourth-order valence-electron chi connectivity index (χ4n) is 2.07. The molecule has 0 spiro atoms. The van der Waals surface area contributed by atoms with E-state index in [-0.39, 0.29) is 6.04 Å². The van der Waals surface area contributed by atoms with Gasteiger partial charge in [-0.2, -0.15) is 0 Å². The average molecular weight is 235 g/mol. The van der Waals surface area contributed by atoms with Crippen LogP contribution in [0, 0.1) is 5.92 Å². The molecule has 1 unspecified atom stereocenters. The lowest BCUT2D eigenvalue weighted by atomic mass is 10.0. The summed E-state index contributed by atoms with van der Waals surface area (Å²) in [5.41, 5.74) is 7.32. The maximum Gasteiger partial charge on any atom is 0.161 e. The molecule has 0 aliphatic heterocycles. The quantitative estimate of drug-likeness (QED) is 0.824. The minimum absolute atomic E-state index is 0.107. The Morgan fingerprint density at radius 2 is 1.94 bits per heavy atom. The summed E-state index contributed by atoms with van der Waals surface area (Å²) in [6, 6.07) is 6.04. The second-order valence-corrected chi connectivity index (χ2v) is 4.74. The Balaban J connectivity index is 2.02. The summed E-state index contributed by atoms with van der Waals surface area (Å²) in [6.45, 7) is 0. The normalized spacial score (nSPS) is 16.6. The zero-order chi connectivity index (χ0) is 12.3. The van der Waals surface area contributed by atoms with Crippen LogP contribution >= 0.6 is 0 Å². The molecule has 0 bridgehead atoms. The lowest BCUT2D eigenvalue weighted by Crippen LogP contribution is -2.10. The molecule has 0 heterocycles. The van der Waals surface area contributed by atoms with E-state index in [1.165, 1.54) is 19.3 Å². The van der Waals surface area contributed by atoms with Crippen LogP contribution in [0.5, 0.6) is 11.5 Å². The summed E-state index contributed by atoms with van der Waals surface area (Å²) in [4.78, 5) is 0. The molecule has 17 heavy (non-hydrogen) atoms. The zero-order valence-electron chi connectivity index (χ0n) is 10.6. The summed E-state index contributed by atoms with van der Waals surface area (Å²) in [5, 5.41) is 0. The summed E-state index contributed by atoms with van der Waals surface area (Å²) < 4.78 is 10.5. The first-order chi connectivity index (χ1) is 8.24. The van der Waals surface area contributed by atoms with E-state index in [0.29, 0.717) is 0 Å². The second kappa shape index (κ2) is 5.41. The van der Waals surface area contributed by atoms with Crippen molar-refractivity contribution in [2.75, 3.05) is 14.2 Å². The highest BCUT2D eigenvalue weighted by Crippen LogP contribution is 2.36. The van der Waals surface area contributed by atoms with Gasteiger partial charge in [-0.3, -0.25) is 0 Å². The van der Waals surface area contributed by atoms with Gasteiger partial charge in [-0.1, -0.05) is 18.9 Å². The maximum absolute atomic E-state index is 6.19. The van der Waals surface area contributed by atoms with Crippen LogP contribution in [-0.4, -0.2) is 14.2 Å². The van der Waals surface area contributed by atoms with Gasteiger partial charge in [0.15, 0.2) is 11.5 Å². The van der Waals surface area contributed by atoms with Crippen molar-refractivity contribution in [3.05, 3.63) is 23.8 Å². The molecule has 0 saturated heterocycles. The number of nitrogens with two attached hydrogens (primary N) is 1. The molecular weight excluding hydrogens is 214 g/mol. The number of ether oxygens (including phenoxy) is 2. The van der Waals surface area contributed by atoms with Crippen molar-refractivity contribution in [1.82, 2.24) is 0 Å². The average Bonchev–Trinajstić information content (AvgIpc) is 3.19. The molecule has 1 aliphatic carbocycles. The Morgan fingerprint density at radius 1 is 1.24 bits per heavy atom. The van der Waals surface area contributed by atoms with E-state index in [1.807, 2.05) is 18.2 Å².